The maximum absolute atomic E-state index is 9.10. The first-order chi connectivity index (χ1) is 16.5. The van der Waals surface area contributed by atoms with Gasteiger partial charge in [-0.2, -0.15) is 0 Å². The summed E-state index contributed by atoms with van der Waals surface area (Å²) in [7, 11) is 1.71. The number of carbonyl (C=O) groups is 2. The molecule has 1 heterocycles. The van der Waals surface area contributed by atoms with Gasteiger partial charge in [-0.3, -0.25) is 0 Å². The number of nitrogens with zero attached hydrogens (tertiary/aromatic N) is 2. The van der Waals surface area contributed by atoms with Crippen LogP contribution in [0, 0.1) is 0 Å². The predicted molar refractivity (Wildman–Crippen MR) is 130 cm³/mol. The van der Waals surface area contributed by atoms with Crippen LogP contribution in [0.15, 0.2) is 66.9 Å². The van der Waals surface area contributed by atoms with Crippen LogP contribution in [-0.2, 0) is 20.9 Å². The van der Waals surface area contributed by atoms with Gasteiger partial charge in [0.05, 0.1) is 25.1 Å². The zero-order chi connectivity index (χ0) is 24.8. The maximum Gasteiger partial charge on any atom is 0.414 e. The number of benzene rings is 2. The minimum Gasteiger partial charge on any atom is -0.494 e. The molecule has 9 heteroatoms. The smallest absolute Gasteiger partial charge is 0.414 e. The van der Waals surface area contributed by atoms with Gasteiger partial charge in [0.1, 0.15) is 5.75 Å². The van der Waals surface area contributed by atoms with Crippen molar-refractivity contribution in [3.63, 3.8) is 0 Å². The molecule has 0 atom stereocenters. The molecule has 9 nitrogen and oxygen atoms in total. The van der Waals surface area contributed by atoms with Gasteiger partial charge in [0.2, 0.25) is 5.95 Å². The van der Waals surface area contributed by atoms with E-state index in [1.54, 1.807) is 7.11 Å². The van der Waals surface area contributed by atoms with Crippen LogP contribution in [0.1, 0.15) is 12.5 Å². The molecule has 2 aromatic carbocycles. The summed E-state index contributed by atoms with van der Waals surface area (Å²) in [6.07, 6.45) is 6.10. The van der Waals surface area contributed by atoms with Crippen LogP contribution < -0.4 is 10.1 Å². The molecule has 0 fully saturated rings. The van der Waals surface area contributed by atoms with Gasteiger partial charge in [0.15, 0.2) is 0 Å². The number of carboxylic acid groups (broad SMARTS) is 2. The van der Waals surface area contributed by atoms with Crippen LogP contribution in [0.5, 0.6) is 5.75 Å². The first-order valence-electron chi connectivity index (χ1n) is 10.7. The predicted octanol–water partition coefficient (Wildman–Crippen LogP) is 3.88. The van der Waals surface area contributed by atoms with E-state index in [2.05, 4.69) is 51.3 Å². The molecule has 0 unspecified atom stereocenters. The van der Waals surface area contributed by atoms with Gasteiger partial charge in [0, 0.05) is 25.8 Å². The van der Waals surface area contributed by atoms with Gasteiger partial charge in [0.25, 0.3) is 0 Å². The van der Waals surface area contributed by atoms with Crippen molar-refractivity contribution in [1.29, 1.82) is 0 Å². The zero-order valence-electron chi connectivity index (χ0n) is 19.2. The zero-order valence-corrected chi connectivity index (χ0v) is 19.2. The highest BCUT2D eigenvalue weighted by atomic mass is 16.5. The molecule has 0 saturated heterocycles. The number of carboxylic acids is 2. The molecule has 3 N–H and O–H groups in total. The quantitative estimate of drug-likeness (QED) is 0.384. The second-order valence-electron chi connectivity index (χ2n) is 6.87. The molecular weight excluding hydrogens is 438 g/mol. The van der Waals surface area contributed by atoms with Crippen LogP contribution in [0.4, 0.5) is 5.95 Å². The Labute approximate surface area is 198 Å². The normalized spacial score (nSPS) is 10.4. The van der Waals surface area contributed by atoms with E-state index in [1.165, 1.54) is 5.56 Å². The Bertz CT molecular complexity index is 1050. The SMILES string of the molecule is CCOc1ccc(-c2cnc(NCC=Cc3ccccc3)n2CCOC)cc1.O=C(O)C(=O)O. The van der Waals surface area contributed by atoms with Gasteiger partial charge in [-0.15, -0.1) is 0 Å². The maximum atomic E-state index is 9.10. The number of methoxy groups -OCH3 is 1. The second-order valence-corrected chi connectivity index (χ2v) is 6.87. The molecule has 0 saturated carbocycles. The summed E-state index contributed by atoms with van der Waals surface area (Å²) < 4.78 is 13.0. The average Bonchev–Trinajstić information content (AvgIpc) is 3.24. The number of aromatic nitrogens is 2. The van der Waals surface area contributed by atoms with Crippen molar-refractivity contribution in [1.82, 2.24) is 9.55 Å². The summed E-state index contributed by atoms with van der Waals surface area (Å²) in [4.78, 5) is 22.8. The first-order valence-corrected chi connectivity index (χ1v) is 10.7. The van der Waals surface area contributed by atoms with Gasteiger partial charge in [-0.25, -0.2) is 14.6 Å². The second kappa shape index (κ2) is 14.1. The summed E-state index contributed by atoms with van der Waals surface area (Å²) in [6, 6.07) is 18.4. The molecule has 3 rings (SSSR count). The molecule has 0 aliphatic heterocycles. The first kappa shape index (κ1) is 26.1. The molecule has 0 aliphatic carbocycles. The van der Waals surface area contributed by atoms with Crippen molar-refractivity contribution in [3.8, 4) is 17.0 Å². The largest absolute Gasteiger partial charge is 0.494 e. The molecule has 3 aromatic rings. The van der Waals surface area contributed by atoms with Gasteiger partial charge in [-0.05, 0) is 36.8 Å². The lowest BCUT2D eigenvalue weighted by molar-refractivity contribution is -0.159. The molecule has 0 aliphatic rings. The Morgan fingerprint density at radius 3 is 2.32 bits per heavy atom. The van der Waals surface area contributed by atoms with E-state index in [9.17, 15) is 0 Å². The third-order valence-corrected chi connectivity index (χ3v) is 4.51. The van der Waals surface area contributed by atoms with E-state index >= 15 is 0 Å². The summed E-state index contributed by atoms with van der Waals surface area (Å²) in [5, 5.41) is 18.2. The summed E-state index contributed by atoms with van der Waals surface area (Å²) in [6.45, 7) is 4.69. The molecule has 180 valence electrons. The lowest BCUT2D eigenvalue weighted by Gasteiger charge is -2.12. The molecule has 0 bridgehead atoms. The Kier molecular flexibility index (Phi) is 10.9. The number of nitrogens with one attached hydrogen (secondary N) is 1. The number of ether oxygens (including phenoxy) is 2. The molecule has 34 heavy (non-hydrogen) atoms. The van der Waals surface area contributed by atoms with Crippen molar-refractivity contribution in [2.24, 2.45) is 0 Å². The topological polar surface area (TPSA) is 123 Å². The van der Waals surface area contributed by atoms with E-state index in [0.29, 0.717) is 19.8 Å². The van der Waals surface area contributed by atoms with Crippen LogP contribution in [0.25, 0.3) is 17.3 Å². The van der Waals surface area contributed by atoms with E-state index in [4.69, 9.17) is 29.3 Å². The summed E-state index contributed by atoms with van der Waals surface area (Å²) in [5.41, 5.74) is 3.33. The van der Waals surface area contributed by atoms with Gasteiger partial charge < -0.3 is 29.6 Å². The van der Waals surface area contributed by atoms with Crippen molar-refractivity contribution >= 4 is 24.0 Å². The fourth-order valence-corrected chi connectivity index (χ4v) is 2.95. The average molecular weight is 468 g/mol. The van der Waals surface area contributed by atoms with Gasteiger partial charge >= 0.3 is 11.9 Å². The van der Waals surface area contributed by atoms with E-state index in [0.717, 1.165) is 29.5 Å². The molecule has 0 radical (unpaired) electrons. The van der Waals surface area contributed by atoms with E-state index < -0.39 is 11.9 Å². The van der Waals surface area contributed by atoms with E-state index in [-0.39, 0.29) is 0 Å². The van der Waals surface area contributed by atoms with E-state index in [1.807, 2.05) is 43.5 Å². The van der Waals surface area contributed by atoms with Crippen molar-refractivity contribution in [2.45, 2.75) is 13.5 Å². The van der Waals surface area contributed by atoms with Crippen LogP contribution in [0.2, 0.25) is 0 Å². The fraction of sp³-hybridized carbons (Fsp3) is 0.240. The Balaban J connectivity index is 0.000000604. The molecule has 0 spiro atoms. The lowest BCUT2D eigenvalue weighted by atomic mass is 10.1. The van der Waals surface area contributed by atoms with Crippen molar-refractivity contribution in [3.05, 3.63) is 72.4 Å². The highest BCUT2D eigenvalue weighted by molar-refractivity contribution is 6.27. The number of anilines is 1. The van der Waals surface area contributed by atoms with Crippen LogP contribution in [0.3, 0.4) is 0 Å². The van der Waals surface area contributed by atoms with Gasteiger partial charge in [-0.1, -0.05) is 42.5 Å². The molecular formula is C25H29N3O6. The fourth-order valence-electron chi connectivity index (χ4n) is 2.95. The minimum atomic E-state index is -1.82. The third-order valence-electron chi connectivity index (χ3n) is 4.51. The lowest BCUT2D eigenvalue weighted by Crippen LogP contribution is -2.11. The monoisotopic (exact) mass is 467 g/mol. The molecule has 1 aromatic heterocycles. The van der Waals surface area contributed by atoms with Crippen molar-refractivity contribution in [2.75, 3.05) is 32.2 Å². The minimum absolute atomic E-state index is 0.620. The highest BCUT2D eigenvalue weighted by Crippen LogP contribution is 2.25. The molecule has 0 amide bonds. The van der Waals surface area contributed by atoms with Crippen LogP contribution >= 0.6 is 0 Å². The summed E-state index contributed by atoms with van der Waals surface area (Å²) >= 11 is 0. The number of imidazole rings is 1. The summed E-state index contributed by atoms with van der Waals surface area (Å²) in [5.74, 6) is -1.94. The number of aliphatic carboxylic acids is 2. The third kappa shape index (κ3) is 8.44. The van der Waals surface area contributed by atoms with Crippen LogP contribution in [-0.4, -0.2) is 58.6 Å². The Hall–Kier alpha value is -4.11. The number of hydrogen-bond acceptors (Lipinski definition) is 6. The highest BCUT2D eigenvalue weighted by Gasteiger charge is 2.11. The van der Waals surface area contributed by atoms with Crippen molar-refractivity contribution < 1.29 is 29.3 Å². The Morgan fingerprint density at radius 1 is 1.06 bits per heavy atom. The standard InChI is InChI=1S/C23H27N3O2.C2H2O4/c1-3-28-21-13-11-20(12-14-21)22-18-25-23(26(22)16-17-27-2)24-15-7-10-19-8-5-4-6-9-19;3-1(4)2(5)6/h4-14,18H,3,15-17H2,1-2H3,(H,24,25);(H,3,4)(H,5,6). The number of hydrogen-bond donors (Lipinski definition) is 3. The Morgan fingerprint density at radius 2 is 1.74 bits per heavy atom. The number of rotatable bonds is 10.